The van der Waals surface area contributed by atoms with Gasteiger partial charge in [-0.05, 0) is 30.5 Å². The van der Waals surface area contributed by atoms with E-state index in [2.05, 4.69) is 46.5 Å². The Kier molecular flexibility index (Phi) is 3.43. The van der Waals surface area contributed by atoms with Gasteiger partial charge in [0.05, 0.1) is 0 Å². The predicted octanol–water partition coefficient (Wildman–Crippen LogP) is -0.135. The lowest BCUT2D eigenvalue weighted by molar-refractivity contribution is 0.370. The fraction of sp³-hybridized carbons (Fsp3) is 0.250. The Morgan fingerprint density at radius 3 is 2.29 bits per heavy atom. The minimum atomic E-state index is -0.0359. The van der Waals surface area contributed by atoms with Crippen molar-refractivity contribution in [2.45, 2.75) is 12.1 Å². The highest BCUT2D eigenvalue weighted by molar-refractivity contribution is 7.80. The fourth-order valence-corrected chi connectivity index (χ4v) is 1.58. The summed E-state index contributed by atoms with van der Waals surface area (Å²) in [6.07, 6.45) is 9.23. The molecular formula is C8H12N4S2. The van der Waals surface area contributed by atoms with E-state index in [0.29, 0.717) is 0 Å². The van der Waals surface area contributed by atoms with E-state index in [4.69, 9.17) is 12.2 Å². The third-order valence-corrected chi connectivity index (χ3v) is 1.95. The monoisotopic (exact) mass is 228 g/mol. The molecule has 1 aliphatic heterocycles. The first-order valence-corrected chi connectivity index (χ1v) is 4.85. The van der Waals surface area contributed by atoms with Crippen molar-refractivity contribution < 1.29 is 0 Å². The second kappa shape index (κ2) is 4.39. The minimum absolute atomic E-state index is 0.000000000000000222. The van der Waals surface area contributed by atoms with Crippen LogP contribution < -0.4 is 22.1 Å². The molecule has 4 nitrogen and oxygen atoms in total. The number of nitrogens with one attached hydrogen (secondary N) is 2. The lowest BCUT2D eigenvalue weighted by atomic mass is 9.98. The van der Waals surface area contributed by atoms with E-state index in [9.17, 15) is 0 Å². The second-order valence-electron chi connectivity index (χ2n) is 2.94. The van der Waals surface area contributed by atoms with Gasteiger partial charge in [0.2, 0.25) is 0 Å². The molecule has 76 valence electrons. The first-order valence-electron chi connectivity index (χ1n) is 4.04. The highest BCUT2D eigenvalue weighted by atomic mass is 32.1. The normalized spacial score (nSPS) is 19.9. The summed E-state index contributed by atoms with van der Waals surface area (Å²) in [5.41, 5.74) is 9.20. The molecule has 2 rings (SSSR count). The molecular weight excluding hydrogens is 216 g/mol. The molecule has 6 N–H and O–H groups in total. The van der Waals surface area contributed by atoms with Gasteiger partial charge in [-0.3, -0.25) is 0 Å². The number of rotatable bonds is 0. The molecule has 0 saturated carbocycles. The van der Waals surface area contributed by atoms with Gasteiger partial charge < -0.3 is 22.1 Å². The lowest BCUT2D eigenvalue weighted by Crippen LogP contribution is -2.73. The summed E-state index contributed by atoms with van der Waals surface area (Å²) in [6, 6.07) is 0. The summed E-state index contributed by atoms with van der Waals surface area (Å²) >= 11 is 8.95. The highest BCUT2D eigenvalue weighted by Gasteiger charge is 2.36. The summed E-state index contributed by atoms with van der Waals surface area (Å²) < 4.78 is 0. The Bertz CT molecular complexity index is 291. The van der Waals surface area contributed by atoms with Gasteiger partial charge in [0.1, 0.15) is 5.66 Å². The van der Waals surface area contributed by atoms with Crippen molar-refractivity contribution in [1.82, 2.24) is 10.6 Å². The maximum atomic E-state index is 4.86. The second-order valence-corrected chi connectivity index (χ2v) is 3.82. The molecule has 1 fully saturated rings. The molecule has 2 aliphatic rings. The maximum absolute atomic E-state index is 4.86. The zero-order chi connectivity index (χ0) is 10.6. The third kappa shape index (κ3) is 2.97. The molecule has 6 heteroatoms. The van der Waals surface area contributed by atoms with Gasteiger partial charge in [-0.2, -0.15) is 0 Å². The third-order valence-electron chi connectivity index (χ3n) is 1.74. The van der Waals surface area contributed by atoms with Crippen LogP contribution in [0.3, 0.4) is 0 Å². The lowest BCUT2D eigenvalue weighted by Gasteiger charge is -2.44. The Labute approximate surface area is 93.4 Å². The van der Waals surface area contributed by atoms with E-state index in [1.807, 2.05) is 12.2 Å². The summed E-state index contributed by atoms with van der Waals surface area (Å²) in [5, 5.41) is 7.03. The van der Waals surface area contributed by atoms with Crippen molar-refractivity contribution in [2.24, 2.45) is 11.5 Å². The zero-order valence-corrected chi connectivity index (χ0v) is 9.12. The van der Waals surface area contributed by atoms with Gasteiger partial charge in [-0.1, -0.05) is 18.2 Å². The topological polar surface area (TPSA) is 76.1 Å². The Morgan fingerprint density at radius 1 is 1.36 bits per heavy atom. The highest BCUT2D eigenvalue weighted by Crippen LogP contribution is 2.19. The zero-order valence-electron chi connectivity index (χ0n) is 7.49. The average Bonchev–Trinajstić information content (AvgIpc) is 2.02. The average molecular weight is 228 g/mol. The number of hydrogen-bond donors (Lipinski definition) is 4. The first kappa shape index (κ1) is 10.9. The van der Waals surface area contributed by atoms with Crippen molar-refractivity contribution in [1.29, 1.82) is 0 Å². The van der Waals surface area contributed by atoms with Crippen LogP contribution in [0, 0.1) is 0 Å². The van der Waals surface area contributed by atoms with E-state index < -0.39 is 0 Å². The van der Waals surface area contributed by atoms with Crippen LogP contribution >= 0.6 is 24.4 Å². The molecule has 0 unspecified atom stereocenters. The maximum Gasteiger partial charge on any atom is 0.170 e. The molecule has 1 heterocycles. The molecule has 0 radical (unpaired) electrons. The van der Waals surface area contributed by atoms with Gasteiger partial charge >= 0.3 is 0 Å². The van der Waals surface area contributed by atoms with Crippen LogP contribution in [0.2, 0.25) is 0 Å². The van der Waals surface area contributed by atoms with Crippen LogP contribution in [0.25, 0.3) is 0 Å². The SMILES string of the molecule is NC(N)=S.S=C1NC2(C=CC=CC2)N1. The molecule has 0 amide bonds. The van der Waals surface area contributed by atoms with Crippen molar-refractivity contribution in [3.63, 3.8) is 0 Å². The van der Waals surface area contributed by atoms with E-state index >= 15 is 0 Å². The van der Waals surface area contributed by atoms with E-state index in [1.54, 1.807) is 0 Å². The van der Waals surface area contributed by atoms with Crippen LogP contribution in [-0.2, 0) is 0 Å². The van der Waals surface area contributed by atoms with Gasteiger partial charge in [0, 0.05) is 6.42 Å². The smallest absolute Gasteiger partial charge is 0.170 e. The van der Waals surface area contributed by atoms with Crippen LogP contribution in [-0.4, -0.2) is 15.9 Å². The van der Waals surface area contributed by atoms with Crippen molar-refractivity contribution in [3.05, 3.63) is 24.3 Å². The van der Waals surface area contributed by atoms with Gasteiger partial charge in [-0.25, -0.2) is 0 Å². The van der Waals surface area contributed by atoms with Crippen molar-refractivity contribution >= 4 is 34.7 Å². The minimum Gasteiger partial charge on any atom is -0.377 e. The number of allylic oxidation sites excluding steroid dienone is 2. The van der Waals surface area contributed by atoms with Crippen LogP contribution in [0.15, 0.2) is 24.3 Å². The number of thiocarbonyl (C=S) groups is 2. The molecule has 0 atom stereocenters. The summed E-state index contributed by atoms with van der Waals surface area (Å²) in [7, 11) is 0. The summed E-state index contributed by atoms with van der Waals surface area (Å²) in [6.45, 7) is 0. The summed E-state index contributed by atoms with van der Waals surface area (Å²) in [4.78, 5) is 0. The molecule has 0 aromatic carbocycles. The van der Waals surface area contributed by atoms with Gasteiger partial charge in [0.15, 0.2) is 10.2 Å². The molecule has 1 saturated heterocycles. The van der Waals surface area contributed by atoms with Crippen LogP contribution in [0.4, 0.5) is 0 Å². The first-order chi connectivity index (χ1) is 6.54. The molecule has 0 aromatic heterocycles. The predicted molar refractivity (Wildman–Crippen MR) is 65.5 cm³/mol. The quantitative estimate of drug-likeness (QED) is 0.433. The Hall–Kier alpha value is -1.14. The standard InChI is InChI=1S/C7H8N2S.CH4N2S/c10-6-8-7(9-6)4-2-1-3-5-7;2-1(3)4/h1-4H,5H2,(H2,8,9,10);(H4,2,3,4). The molecule has 0 aromatic rings. The summed E-state index contributed by atoms with van der Waals surface area (Å²) in [5.74, 6) is 0. The molecule has 1 aliphatic carbocycles. The van der Waals surface area contributed by atoms with Gasteiger partial charge in [0.25, 0.3) is 0 Å². The largest absolute Gasteiger partial charge is 0.377 e. The van der Waals surface area contributed by atoms with E-state index in [0.717, 1.165) is 11.5 Å². The van der Waals surface area contributed by atoms with E-state index in [1.165, 1.54) is 0 Å². The number of nitrogens with two attached hydrogens (primary N) is 2. The van der Waals surface area contributed by atoms with Crippen LogP contribution in [0.5, 0.6) is 0 Å². The van der Waals surface area contributed by atoms with Crippen molar-refractivity contribution in [2.75, 3.05) is 0 Å². The molecule has 1 spiro atoms. The number of hydrogen-bond acceptors (Lipinski definition) is 2. The molecule has 14 heavy (non-hydrogen) atoms. The van der Waals surface area contributed by atoms with Crippen LogP contribution in [0.1, 0.15) is 6.42 Å². The molecule has 0 bridgehead atoms. The fourth-order valence-electron chi connectivity index (χ4n) is 1.21. The van der Waals surface area contributed by atoms with Gasteiger partial charge in [-0.15, -0.1) is 0 Å². The van der Waals surface area contributed by atoms with E-state index in [-0.39, 0.29) is 10.8 Å². The Balaban J connectivity index is 0.000000213. The Morgan fingerprint density at radius 2 is 1.93 bits per heavy atom. The van der Waals surface area contributed by atoms with Crippen molar-refractivity contribution in [3.8, 4) is 0 Å².